The molecule has 0 bridgehead atoms. The Hall–Kier alpha value is -0.430. The minimum atomic E-state index is 0.0443. The Bertz CT molecular complexity index is 351. The van der Waals surface area contributed by atoms with E-state index in [-0.39, 0.29) is 5.56 Å². The van der Waals surface area contributed by atoms with Crippen molar-refractivity contribution in [3.63, 3.8) is 0 Å². The minimum absolute atomic E-state index is 0.0443. The number of hydrogen-bond acceptors (Lipinski definition) is 3. The molecular weight excluding hydrogens is 305 g/mol. The molecule has 0 spiro atoms. The van der Waals surface area contributed by atoms with Crippen molar-refractivity contribution in [2.45, 2.75) is 26.3 Å². The molecule has 0 aliphatic carbocycles. The van der Waals surface area contributed by atoms with Crippen molar-refractivity contribution in [3.05, 3.63) is 26.4 Å². The van der Waals surface area contributed by atoms with Gasteiger partial charge >= 0.3 is 0 Å². The van der Waals surface area contributed by atoms with Gasteiger partial charge in [0, 0.05) is 19.3 Å². The number of rotatable bonds is 6. The average Bonchev–Trinajstić information content (AvgIpc) is 2.24. The van der Waals surface area contributed by atoms with Crippen LogP contribution < -0.4 is 10.9 Å². The number of nitrogens with zero attached hydrogens (tertiary/aromatic N) is 2. The third kappa shape index (κ3) is 4.29. The van der Waals surface area contributed by atoms with E-state index in [1.54, 1.807) is 17.1 Å². The van der Waals surface area contributed by atoms with Gasteiger partial charge in [0.2, 0.25) is 0 Å². The molecule has 0 saturated heterocycles. The summed E-state index contributed by atoms with van der Waals surface area (Å²) >= 11 is 2.01. The normalized spacial score (nSPS) is 10.5. The highest BCUT2D eigenvalue weighted by Gasteiger charge is 1.99. The molecule has 1 N–H and O–H groups in total. The fourth-order valence-electron chi connectivity index (χ4n) is 1.21. The highest BCUT2D eigenvalue weighted by Crippen LogP contribution is 1.92. The van der Waals surface area contributed by atoms with Crippen molar-refractivity contribution in [2.24, 2.45) is 0 Å². The van der Waals surface area contributed by atoms with Crippen LogP contribution in [0.2, 0.25) is 0 Å². The van der Waals surface area contributed by atoms with Gasteiger partial charge in [0.15, 0.2) is 0 Å². The van der Waals surface area contributed by atoms with E-state index in [1.807, 2.05) is 22.6 Å². The van der Waals surface area contributed by atoms with Crippen LogP contribution in [0.25, 0.3) is 0 Å². The molecule has 0 saturated carbocycles. The van der Waals surface area contributed by atoms with Gasteiger partial charge in [-0.25, -0.2) is 4.98 Å². The maximum absolute atomic E-state index is 11.6. The predicted molar refractivity (Wildman–Crippen MR) is 69.0 cm³/mol. The number of unbranched alkanes of at least 4 members (excludes halogenated alkanes) is 1. The van der Waals surface area contributed by atoms with E-state index in [9.17, 15) is 4.79 Å². The maximum atomic E-state index is 11.6. The van der Waals surface area contributed by atoms with Gasteiger partial charge in [-0.2, -0.15) is 0 Å². The SMILES string of the molecule is CCCCNCCn1cncc(I)c1=O. The first-order valence-electron chi connectivity index (χ1n) is 5.16. The smallest absolute Gasteiger partial charge is 0.266 e. The van der Waals surface area contributed by atoms with Crippen LogP contribution in [0.5, 0.6) is 0 Å². The van der Waals surface area contributed by atoms with E-state index in [4.69, 9.17) is 0 Å². The van der Waals surface area contributed by atoms with Crippen LogP contribution >= 0.6 is 22.6 Å². The molecule has 0 aliphatic heterocycles. The Morgan fingerprint density at radius 2 is 2.33 bits per heavy atom. The largest absolute Gasteiger partial charge is 0.315 e. The summed E-state index contributed by atoms with van der Waals surface area (Å²) in [5, 5.41) is 3.29. The summed E-state index contributed by atoms with van der Waals surface area (Å²) in [5.41, 5.74) is 0.0443. The van der Waals surface area contributed by atoms with E-state index in [0.29, 0.717) is 10.1 Å². The first kappa shape index (κ1) is 12.6. The maximum Gasteiger partial charge on any atom is 0.266 e. The molecule has 84 valence electrons. The van der Waals surface area contributed by atoms with E-state index < -0.39 is 0 Å². The molecule has 0 fully saturated rings. The minimum Gasteiger partial charge on any atom is -0.315 e. The van der Waals surface area contributed by atoms with E-state index >= 15 is 0 Å². The summed E-state index contributed by atoms with van der Waals surface area (Å²) in [5.74, 6) is 0. The molecule has 4 nitrogen and oxygen atoms in total. The average molecular weight is 321 g/mol. The molecule has 0 amide bonds. The number of aromatic nitrogens is 2. The highest BCUT2D eigenvalue weighted by atomic mass is 127. The van der Waals surface area contributed by atoms with Crippen LogP contribution in [0, 0.1) is 3.57 Å². The third-order valence-corrected chi connectivity index (χ3v) is 2.84. The van der Waals surface area contributed by atoms with Gasteiger partial charge in [0.1, 0.15) is 0 Å². The van der Waals surface area contributed by atoms with Gasteiger partial charge in [0.05, 0.1) is 9.90 Å². The second-order valence-electron chi connectivity index (χ2n) is 3.34. The van der Waals surface area contributed by atoms with Crippen molar-refractivity contribution in [3.8, 4) is 0 Å². The van der Waals surface area contributed by atoms with Crippen LogP contribution in [0.1, 0.15) is 19.8 Å². The Kier molecular flexibility index (Phi) is 5.85. The Balaban J connectivity index is 2.38. The van der Waals surface area contributed by atoms with E-state index in [2.05, 4.69) is 17.2 Å². The van der Waals surface area contributed by atoms with E-state index in [1.165, 1.54) is 12.8 Å². The first-order chi connectivity index (χ1) is 7.25. The molecule has 15 heavy (non-hydrogen) atoms. The molecule has 1 heterocycles. The third-order valence-electron chi connectivity index (χ3n) is 2.10. The topological polar surface area (TPSA) is 46.9 Å². The quantitative estimate of drug-likeness (QED) is 0.633. The standard InChI is InChI=1S/C10H16IN3O/c1-2-3-4-12-5-6-14-8-13-7-9(11)10(14)15/h7-8,12H,2-6H2,1H3. The second-order valence-corrected chi connectivity index (χ2v) is 4.51. The van der Waals surface area contributed by atoms with Gasteiger partial charge in [-0.1, -0.05) is 13.3 Å². The van der Waals surface area contributed by atoms with Crippen molar-refractivity contribution in [1.29, 1.82) is 0 Å². The van der Waals surface area contributed by atoms with Crippen LogP contribution in [0.4, 0.5) is 0 Å². The number of nitrogens with one attached hydrogen (secondary N) is 1. The molecule has 0 aliphatic rings. The van der Waals surface area contributed by atoms with Crippen LogP contribution in [0.15, 0.2) is 17.3 Å². The summed E-state index contributed by atoms with van der Waals surface area (Å²) in [4.78, 5) is 15.6. The van der Waals surface area contributed by atoms with Crippen LogP contribution in [-0.2, 0) is 6.54 Å². The molecule has 1 rings (SSSR count). The summed E-state index contributed by atoms with van der Waals surface area (Å²) in [6.45, 7) is 4.69. The first-order valence-corrected chi connectivity index (χ1v) is 6.24. The zero-order chi connectivity index (χ0) is 11.1. The molecule has 0 atom stereocenters. The van der Waals surface area contributed by atoms with Gasteiger partial charge in [-0.3, -0.25) is 9.36 Å². The Labute approximate surface area is 103 Å². The monoisotopic (exact) mass is 321 g/mol. The Morgan fingerprint density at radius 1 is 1.53 bits per heavy atom. The summed E-state index contributed by atoms with van der Waals surface area (Å²) in [7, 11) is 0. The Morgan fingerprint density at radius 3 is 3.07 bits per heavy atom. The summed E-state index contributed by atoms with van der Waals surface area (Å²) in [6.07, 6.45) is 5.55. The number of hydrogen-bond donors (Lipinski definition) is 1. The number of halogens is 1. The summed E-state index contributed by atoms with van der Waals surface area (Å²) < 4.78 is 2.31. The fraction of sp³-hybridized carbons (Fsp3) is 0.600. The molecule has 0 radical (unpaired) electrons. The lowest BCUT2D eigenvalue weighted by Crippen LogP contribution is -2.28. The predicted octanol–water partition coefficient (Wildman–Crippen LogP) is 1.24. The van der Waals surface area contributed by atoms with Crippen LogP contribution in [0.3, 0.4) is 0 Å². The molecule has 1 aromatic rings. The molecule has 0 unspecified atom stereocenters. The second kappa shape index (κ2) is 6.95. The molecular formula is C10H16IN3O. The zero-order valence-corrected chi connectivity index (χ0v) is 11.0. The van der Waals surface area contributed by atoms with Crippen molar-refractivity contribution >= 4 is 22.6 Å². The van der Waals surface area contributed by atoms with Crippen LogP contribution in [-0.4, -0.2) is 22.6 Å². The van der Waals surface area contributed by atoms with Gasteiger partial charge in [-0.15, -0.1) is 0 Å². The van der Waals surface area contributed by atoms with Crippen molar-refractivity contribution in [1.82, 2.24) is 14.9 Å². The molecule has 5 heteroatoms. The van der Waals surface area contributed by atoms with Crippen molar-refractivity contribution < 1.29 is 0 Å². The lowest BCUT2D eigenvalue weighted by atomic mass is 10.3. The van der Waals surface area contributed by atoms with Crippen molar-refractivity contribution in [2.75, 3.05) is 13.1 Å². The van der Waals surface area contributed by atoms with Gasteiger partial charge < -0.3 is 5.32 Å². The molecule has 1 aromatic heterocycles. The van der Waals surface area contributed by atoms with Gasteiger partial charge in [-0.05, 0) is 35.6 Å². The zero-order valence-electron chi connectivity index (χ0n) is 8.87. The lowest BCUT2D eigenvalue weighted by molar-refractivity contribution is 0.563. The van der Waals surface area contributed by atoms with Gasteiger partial charge in [0.25, 0.3) is 5.56 Å². The molecule has 0 aromatic carbocycles. The van der Waals surface area contributed by atoms with E-state index in [0.717, 1.165) is 13.1 Å². The fourth-order valence-corrected chi connectivity index (χ4v) is 1.68. The highest BCUT2D eigenvalue weighted by molar-refractivity contribution is 14.1. The lowest BCUT2D eigenvalue weighted by Gasteiger charge is -2.06. The summed E-state index contributed by atoms with van der Waals surface area (Å²) in [6, 6.07) is 0.